The molecule has 0 saturated carbocycles. The quantitative estimate of drug-likeness (QED) is 0.0320. The summed E-state index contributed by atoms with van der Waals surface area (Å²) < 4.78 is 5.47. The van der Waals surface area contributed by atoms with Crippen LogP contribution in [0.25, 0.3) is 0 Å². The Bertz CT molecular complexity index is 1260. The number of aliphatic hydroxyl groups excluding tert-OH is 2. The van der Waals surface area contributed by atoms with Crippen molar-refractivity contribution in [1.29, 1.82) is 0 Å². The zero-order valence-electron chi connectivity index (χ0n) is 50.3. The maximum absolute atomic E-state index is 12.5. The lowest BCUT2D eigenvalue weighted by Gasteiger charge is -2.22. The van der Waals surface area contributed by atoms with E-state index >= 15 is 0 Å². The molecule has 6 heteroatoms. The Morgan fingerprint density at radius 1 is 0.373 bits per heavy atom. The number of carbonyl (C=O) groups is 2. The molecular weight excluding hydrogens is 923 g/mol. The molecule has 6 nitrogen and oxygen atoms in total. The van der Waals surface area contributed by atoms with Gasteiger partial charge in [-0.1, -0.05) is 294 Å². The minimum Gasteiger partial charge on any atom is -0.466 e. The Hall–Kier alpha value is -2.18. The molecule has 0 fully saturated rings. The number of allylic oxidation sites excluding steroid dienone is 8. The number of esters is 1. The minimum atomic E-state index is -0.678. The second-order valence-electron chi connectivity index (χ2n) is 22.8. The first kappa shape index (κ1) is 72.8. The van der Waals surface area contributed by atoms with Crippen molar-refractivity contribution in [2.45, 2.75) is 366 Å². The van der Waals surface area contributed by atoms with Crippen molar-refractivity contribution < 1.29 is 24.5 Å². The molecule has 0 saturated heterocycles. The van der Waals surface area contributed by atoms with Crippen LogP contribution in [0.1, 0.15) is 354 Å². The molecule has 0 rings (SSSR count). The molecule has 0 spiro atoms. The van der Waals surface area contributed by atoms with Crippen LogP contribution in [0.3, 0.4) is 0 Å². The zero-order valence-corrected chi connectivity index (χ0v) is 50.3. The average Bonchev–Trinajstić information content (AvgIpc) is 3.41. The van der Waals surface area contributed by atoms with E-state index in [2.05, 4.69) is 67.8 Å². The molecule has 75 heavy (non-hydrogen) atoms. The molecular formula is C69H129NO5. The number of ether oxygens (including phenoxy) is 1. The molecule has 0 aliphatic carbocycles. The van der Waals surface area contributed by atoms with Crippen LogP contribution in [0.4, 0.5) is 0 Å². The van der Waals surface area contributed by atoms with Crippen molar-refractivity contribution in [3.8, 4) is 0 Å². The van der Waals surface area contributed by atoms with Gasteiger partial charge in [0.2, 0.25) is 5.91 Å². The summed E-state index contributed by atoms with van der Waals surface area (Å²) in [5.74, 6) is -0.0709. The topological polar surface area (TPSA) is 95.9 Å². The maximum Gasteiger partial charge on any atom is 0.305 e. The fourth-order valence-electron chi connectivity index (χ4n) is 10.2. The van der Waals surface area contributed by atoms with Crippen molar-refractivity contribution in [2.75, 3.05) is 13.2 Å². The van der Waals surface area contributed by atoms with E-state index in [1.807, 2.05) is 0 Å². The van der Waals surface area contributed by atoms with E-state index in [0.29, 0.717) is 25.9 Å². The van der Waals surface area contributed by atoms with Crippen LogP contribution < -0.4 is 5.32 Å². The largest absolute Gasteiger partial charge is 0.466 e. The second-order valence-corrected chi connectivity index (χ2v) is 22.8. The molecule has 3 N–H and O–H groups in total. The second kappa shape index (κ2) is 64.3. The first-order valence-corrected chi connectivity index (χ1v) is 33.4. The van der Waals surface area contributed by atoms with Crippen LogP contribution >= 0.6 is 0 Å². The Labute approximate surface area is 467 Å². The van der Waals surface area contributed by atoms with Crippen LogP contribution in [-0.4, -0.2) is 47.4 Å². The SMILES string of the molecule is CCCCCC/C=C\C/C=C\CCCCCCCCCC(=O)OCCCCC/C=C\C/C=C\CCCCCCCCCC(=O)NC(CO)C(O)CCCCCCCCCCCCCCCCCCCCCCCCC. The van der Waals surface area contributed by atoms with E-state index in [9.17, 15) is 19.8 Å². The van der Waals surface area contributed by atoms with Gasteiger partial charge in [0, 0.05) is 12.8 Å². The molecule has 0 aliphatic heterocycles. The summed E-state index contributed by atoms with van der Waals surface area (Å²) in [4.78, 5) is 24.6. The lowest BCUT2D eigenvalue weighted by atomic mass is 10.0. The number of carbonyl (C=O) groups excluding carboxylic acids is 2. The third-order valence-electron chi connectivity index (χ3n) is 15.4. The summed E-state index contributed by atoms with van der Waals surface area (Å²) in [5.41, 5.74) is 0. The Morgan fingerprint density at radius 2 is 0.667 bits per heavy atom. The number of hydrogen-bond acceptors (Lipinski definition) is 5. The molecule has 0 aliphatic rings. The van der Waals surface area contributed by atoms with Gasteiger partial charge in [0.05, 0.1) is 25.4 Å². The molecule has 2 unspecified atom stereocenters. The van der Waals surface area contributed by atoms with Gasteiger partial charge < -0.3 is 20.3 Å². The van der Waals surface area contributed by atoms with Gasteiger partial charge in [-0.15, -0.1) is 0 Å². The molecule has 1 amide bonds. The van der Waals surface area contributed by atoms with Gasteiger partial charge in [0.1, 0.15) is 0 Å². The molecule has 0 aromatic rings. The van der Waals surface area contributed by atoms with Gasteiger partial charge in [0.25, 0.3) is 0 Å². The monoisotopic (exact) mass is 1050 g/mol. The van der Waals surface area contributed by atoms with Crippen LogP contribution in [-0.2, 0) is 14.3 Å². The van der Waals surface area contributed by atoms with E-state index < -0.39 is 12.1 Å². The standard InChI is InChI=1S/C69H129NO5/c1-3-5-7-9-11-13-15-17-19-21-23-24-25-26-27-29-33-37-41-45-49-53-57-61-67(72)66(65-71)70-68(73)62-58-54-50-46-42-38-34-30-28-32-36-40-44-48-52-56-60-64-75-69(74)63-59-55-51-47-43-39-35-31-22-20-18-16-14-12-10-8-6-4-2/h14,16,20,22,28,32,40,44,66-67,71-72H,3-13,15,17-19,21,23-27,29-31,33-39,41-43,45-65H2,1-2H3,(H,70,73)/b16-14-,22-20-,32-28-,44-40-. The molecule has 0 heterocycles. The van der Waals surface area contributed by atoms with Crippen molar-refractivity contribution in [3.05, 3.63) is 48.6 Å². The van der Waals surface area contributed by atoms with Crippen LogP contribution in [0, 0.1) is 0 Å². The van der Waals surface area contributed by atoms with E-state index in [-0.39, 0.29) is 18.5 Å². The summed E-state index contributed by atoms with van der Waals surface area (Å²) in [6.45, 7) is 4.91. The van der Waals surface area contributed by atoms with Crippen LogP contribution in [0.2, 0.25) is 0 Å². The number of unbranched alkanes of at least 4 members (excludes halogenated alkanes) is 43. The van der Waals surface area contributed by atoms with Gasteiger partial charge in [-0.25, -0.2) is 0 Å². The summed E-state index contributed by atoms with van der Waals surface area (Å²) >= 11 is 0. The lowest BCUT2D eigenvalue weighted by Crippen LogP contribution is -2.45. The van der Waals surface area contributed by atoms with E-state index in [4.69, 9.17) is 4.74 Å². The normalized spacial score (nSPS) is 12.9. The smallest absolute Gasteiger partial charge is 0.305 e. The highest BCUT2D eigenvalue weighted by molar-refractivity contribution is 5.76. The third-order valence-corrected chi connectivity index (χ3v) is 15.4. The zero-order chi connectivity index (χ0) is 54.3. The third kappa shape index (κ3) is 60.9. The predicted molar refractivity (Wildman–Crippen MR) is 329 cm³/mol. The van der Waals surface area contributed by atoms with Gasteiger partial charge in [0.15, 0.2) is 0 Å². The summed E-state index contributed by atoms with van der Waals surface area (Å²) in [5, 5.41) is 23.4. The average molecular weight is 1050 g/mol. The first-order valence-electron chi connectivity index (χ1n) is 33.4. The number of rotatable bonds is 62. The molecule has 0 aromatic carbocycles. The number of amides is 1. The Morgan fingerprint density at radius 3 is 1.03 bits per heavy atom. The van der Waals surface area contributed by atoms with E-state index in [1.54, 1.807) is 0 Å². The number of hydrogen-bond donors (Lipinski definition) is 3. The van der Waals surface area contributed by atoms with E-state index in [0.717, 1.165) is 89.9 Å². The molecule has 0 aromatic heterocycles. The number of aliphatic hydroxyl groups is 2. The Balaban J connectivity index is 3.49. The van der Waals surface area contributed by atoms with Crippen molar-refractivity contribution >= 4 is 11.9 Å². The van der Waals surface area contributed by atoms with Gasteiger partial charge in [-0.05, 0) is 96.3 Å². The molecule has 0 radical (unpaired) electrons. The first-order chi connectivity index (χ1) is 37.0. The minimum absolute atomic E-state index is 0.0224. The van der Waals surface area contributed by atoms with Crippen molar-refractivity contribution in [1.82, 2.24) is 5.32 Å². The highest BCUT2D eigenvalue weighted by Gasteiger charge is 2.20. The van der Waals surface area contributed by atoms with E-state index in [1.165, 1.54) is 231 Å². The van der Waals surface area contributed by atoms with Crippen molar-refractivity contribution in [2.24, 2.45) is 0 Å². The highest BCUT2D eigenvalue weighted by atomic mass is 16.5. The number of nitrogens with one attached hydrogen (secondary N) is 1. The van der Waals surface area contributed by atoms with Gasteiger partial charge in [-0.3, -0.25) is 9.59 Å². The highest BCUT2D eigenvalue weighted by Crippen LogP contribution is 2.18. The van der Waals surface area contributed by atoms with Gasteiger partial charge >= 0.3 is 5.97 Å². The van der Waals surface area contributed by atoms with Crippen LogP contribution in [0.15, 0.2) is 48.6 Å². The summed E-state index contributed by atoms with van der Waals surface area (Å²) in [6.07, 6.45) is 82.7. The summed E-state index contributed by atoms with van der Waals surface area (Å²) in [7, 11) is 0. The fourth-order valence-corrected chi connectivity index (χ4v) is 10.2. The maximum atomic E-state index is 12.5. The molecule has 0 bridgehead atoms. The van der Waals surface area contributed by atoms with Crippen molar-refractivity contribution in [3.63, 3.8) is 0 Å². The Kier molecular flexibility index (Phi) is 62.5. The predicted octanol–water partition coefficient (Wildman–Crippen LogP) is 21.3. The van der Waals surface area contributed by atoms with Crippen LogP contribution in [0.5, 0.6) is 0 Å². The fraction of sp³-hybridized carbons (Fsp3) is 0.855. The lowest BCUT2D eigenvalue weighted by molar-refractivity contribution is -0.143. The summed E-state index contributed by atoms with van der Waals surface area (Å²) in [6, 6.07) is -0.556. The van der Waals surface area contributed by atoms with Gasteiger partial charge in [-0.2, -0.15) is 0 Å². The molecule has 440 valence electrons. The molecule has 2 atom stereocenters.